The molecule has 0 bridgehead atoms. The topological polar surface area (TPSA) is 97.8 Å². The number of urea groups is 1. The molecule has 0 aliphatic carbocycles. The van der Waals surface area contributed by atoms with Gasteiger partial charge in [0.2, 0.25) is 0 Å². The van der Waals surface area contributed by atoms with E-state index in [4.69, 9.17) is 25.8 Å². The molecule has 2 heterocycles. The van der Waals surface area contributed by atoms with Gasteiger partial charge in [0.25, 0.3) is 0 Å². The van der Waals surface area contributed by atoms with E-state index in [-0.39, 0.29) is 12.1 Å². The van der Waals surface area contributed by atoms with Crippen molar-refractivity contribution in [2.24, 2.45) is 0 Å². The molecule has 10 heteroatoms. The minimum atomic E-state index is -0.151. The molecular weight excluding hydrogens is 518 g/mol. The Hall–Kier alpha value is -4.24. The zero-order chi connectivity index (χ0) is 27.4. The van der Waals surface area contributed by atoms with Crippen LogP contribution in [0.2, 0.25) is 5.02 Å². The maximum absolute atomic E-state index is 12.7. The average molecular weight is 548 g/mol. The van der Waals surface area contributed by atoms with Gasteiger partial charge in [-0.1, -0.05) is 23.7 Å². The standard InChI is InChI=1S/C29H30ClN5O4/c1-18-14-19(33-28-21-15-26(37-2)27(38-3)16-24(21)31-17-32-28)8-9-25(18)39-20-10-12-35(13-11-20)29(36)34-23-7-5-4-6-22(23)30/h4-9,14-17,20H,10-13H2,1-3H3,(H,34,36)(H,31,32,33). The van der Waals surface area contributed by atoms with Crippen molar-refractivity contribution in [2.75, 3.05) is 37.9 Å². The van der Waals surface area contributed by atoms with Crippen molar-refractivity contribution in [3.63, 3.8) is 0 Å². The number of para-hydroxylation sites is 1. The molecule has 1 aliphatic heterocycles. The van der Waals surface area contributed by atoms with E-state index < -0.39 is 0 Å². The molecule has 2 N–H and O–H groups in total. The van der Waals surface area contributed by atoms with Crippen LogP contribution in [0.15, 0.2) is 60.9 Å². The molecule has 0 spiro atoms. The Morgan fingerprint density at radius 1 is 0.974 bits per heavy atom. The minimum Gasteiger partial charge on any atom is -0.493 e. The van der Waals surface area contributed by atoms with Gasteiger partial charge in [-0.05, 0) is 48.9 Å². The van der Waals surface area contributed by atoms with Crippen LogP contribution >= 0.6 is 11.6 Å². The van der Waals surface area contributed by atoms with E-state index in [9.17, 15) is 4.79 Å². The van der Waals surface area contributed by atoms with Crippen molar-refractivity contribution < 1.29 is 19.0 Å². The fourth-order valence-corrected chi connectivity index (χ4v) is 4.77. The molecule has 1 saturated heterocycles. The summed E-state index contributed by atoms with van der Waals surface area (Å²) < 4.78 is 17.2. The monoisotopic (exact) mass is 547 g/mol. The molecule has 2 amide bonds. The van der Waals surface area contributed by atoms with E-state index in [0.29, 0.717) is 41.1 Å². The molecule has 0 atom stereocenters. The quantitative estimate of drug-likeness (QED) is 0.275. The SMILES string of the molecule is COc1cc2ncnc(Nc3ccc(OC4CCN(C(=O)Nc5ccccc5Cl)CC4)c(C)c3)c2cc1OC. The second-order valence-corrected chi connectivity index (χ2v) is 9.67. The second-order valence-electron chi connectivity index (χ2n) is 9.27. The first-order valence-electron chi connectivity index (χ1n) is 12.7. The lowest BCUT2D eigenvalue weighted by atomic mass is 10.1. The summed E-state index contributed by atoms with van der Waals surface area (Å²) in [5, 5.41) is 7.61. The third-order valence-electron chi connectivity index (χ3n) is 6.72. The number of fused-ring (bicyclic) bond motifs is 1. The maximum Gasteiger partial charge on any atom is 0.321 e. The van der Waals surface area contributed by atoms with Crippen LogP contribution in [0.5, 0.6) is 17.2 Å². The summed E-state index contributed by atoms with van der Waals surface area (Å²) in [6.45, 7) is 3.22. The summed E-state index contributed by atoms with van der Waals surface area (Å²) in [5.74, 6) is 2.70. The van der Waals surface area contributed by atoms with Crippen LogP contribution in [0.3, 0.4) is 0 Å². The Morgan fingerprint density at radius 3 is 2.44 bits per heavy atom. The van der Waals surface area contributed by atoms with Gasteiger partial charge in [0.1, 0.15) is 24.0 Å². The third kappa shape index (κ3) is 5.93. The van der Waals surface area contributed by atoms with Crippen LogP contribution in [0.25, 0.3) is 10.9 Å². The molecule has 1 fully saturated rings. The highest BCUT2D eigenvalue weighted by molar-refractivity contribution is 6.33. The summed E-state index contributed by atoms with van der Waals surface area (Å²) in [6.07, 6.45) is 3.03. The number of aryl methyl sites for hydroxylation is 1. The van der Waals surface area contributed by atoms with Crippen molar-refractivity contribution in [1.29, 1.82) is 0 Å². The van der Waals surface area contributed by atoms with Gasteiger partial charge in [-0.15, -0.1) is 0 Å². The number of hydrogen-bond donors (Lipinski definition) is 2. The van der Waals surface area contributed by atoms with E-state index in [1.165, 1.54) is 6.33 Å². The number of anilines is 3. The van der Waals surface area contributed by atoms with Gasteiger partial charge in [-0.3, -0.25) is 0 Å². The van der Waals surface area contributed by atoms with Crippen LogP contribution < -0.4 is 24.8 Å². The average Bonchev–Trinajstić information content (AvgIpc) is 2.95. The smallest absolute Gasteiger partial charge is 0.321 e. The molecule has 3 aromatic carbocycles. The predicted octanol–water partition coefficient (Wildman–Crippen LogP) is 6.43. The van der Waals surface area contributed by atoms with Crippen LogP contribution in [-0.2, 0) is 0 Å². The number of aromatic nitrogens is 2. The highest BCUT2D eigenvalue weighted by Gasteiger charge is 2.25. The number of hydrogen-bond acceptors (Lipinski definition) is 7. The van der Waals surface area contributed by atoms with Crippen LogP contribution in [-0.4, -0.2) is 54.3 Å². The van der Waals surface area contributed by atoms with Crippen molar-refractivity contribution in [2.45, 2.75) is 25.9 Å². The predicted molar refractivity (Wildman–Crippen MR) is 153 cm³/mol. The number of ether oxygens (including phenoxy) is 3. The van der Waals surface area contributed by atoms with Gasteiger partial charge in [-0.25, -0.2) is 14.8 Å². The van der Waals surface area contributed by atoms with Crippen LogP contribution in [0.4, 0.5) is 22.0 Å². The molecule has 0 saturated carbocycles. The fourth-order valence-electron chi connectivity index (χ4n) is 4.59. The van der Waals surface area contributed by atoms with Gasteiger partial charge in [-0.2, -0.15) is 0 Å². The summed E-state index contributed by atoms with van der Waals surface area (Å²) in [5.41, 5.74) is 3.23. The molecule has 0 radical (unpaired) electrons. The largest absolute Gasteiger partial charge is 0.493 e. The number of benzene rings is 3. The number of nitrogens with zero attached hydrogens (tertiary/aromatic N) is 3. The Kier molecular flexibility index (Phi) is 7.88. The van der Waals surface area contributed by atoms with Crippen molar-refractivity contribution in [1.82, 2.24) is 14.9 Å². The first-order valence-corrected chi connectivity index (χ1v) is 13.0. The number of piperidine rings is 1. The number of carbonyl (C=O) groups is 1. The molecule has 5 rings (SSSR count). The highest BCUT2D eigenvalue weighted by Crippen LogP contribution is 2.35. The molecule has 1 aliphatic rings. The number of rotatable bonds is 7. The number of carbonyl (C=O) groups excluding carboxylic acids is 1. The number of halogens is 1. The fraction of sp³-hybridized carbons (Fsp3) is 0.276. The summed E-state index contributed by atoms with van der Waals surface area (Å²) in [4.78, 5) is 23.3. The number of nitrogens with one attached hydrogen (secondary N) is 2. The zero-order valence-corrected chi connectivity index (χ0v) is 22.8. The van der Waals surface area contributed by atoms with Crippen molar-refractivity contribution in [3.05, 3.63) is 71.5 Å². The van der Waals surface area contributed by atoms with E-state index in [1.54, 1.807) is 31.3 Å². The Morgan fingerprint density at radius 2 is 1.72 bits per heavy atom. The summed E-state index contributed by atoms with van der Waals surface area (Å²) in [6, 6.07) is 16.7. The molecular formula is C29H30ClN5O4. The first kappa shape index (κ1) is 26.4. The molecule has 0 unspecified atom stereocenters. The van der Waals surface area contributed by atoms with E-state index >= 15 is 0 Å². The second kappa shape index (κ2) is 11.7. The minimum absolute atomic E-state index is 0.0279. The lowest BCUT2D eigenvalue weighted by Gasteiger charge is -2.32. The van der Waals surface area contributed by atoms with Gasteiger partial charge in [0.15, 0.2) is 11.5 Å². The molecule has 39 heavy (non-hydrogen) atoms. The number of methoxy groups -OCH3 is 2. The van der Waals surface area contributed by atoms with Crippen molar-refractivity contribution >= 4 is 45.7 Å². The summed E-state index contributed by atoms with van der Waals surface area (Å²) in [7, 11) is 3.20. The molecule has 1 aromatic heterocycles. The van der Waals surface area contributed by atoms with E-state index in [2.05, 4.69) is 20.6 Å². The zero-order valence-electron chi connectivity index (χ0n) is 22.0. The highest BCUT2D eigenvalue weighted by atomic mass is 35.5. The van der Waals surface area contributed by atoms with Gasteiger partial charge in [0.05, 0.1) is 30.4 Å². The Labute approximate surface area is 232 Å². The molecule has 202 valence electrons. The third-order valence-corrected chi connectivity index (χ3v) is 7.05. The Balaban J connectivity index is 1.21. The maximum atomic E-state index is 12.7. The lowest BCUT2D eigenvalue weighted by Crippen LogP contribution is -2.43. The molecule has 4 aromatic rings. The van der Waals surface area contributed by atoms with Gasteiger partial charge >= 0.3 is 6.03 Å². The van der Waals surface area contributed by atoms with E-state index in [0.717, 1.165) is 40.7 Å². The van der Waals surface area contributed by atoms with Gasteiger partial charge < -0.3 is 29.7 Å². The summed E-state index contributed by atoms with van der Waals surface area (Å²) >= 11 is 6.17. The number of likely N-dealkylation sites (tertiary alicyclic amines) is 1. The molecule has 9 nitrogen and oxygen atoms in total. The Bertz CT molecular complexity index is 1490. The lowest BCUT2D eigenvalue weighted by molar-refractivity contribution is 0.115. The van der Waals surface area contributed by atoms with E-state index in [1.807, 2.05) is 49.4 Å². The number of amides is 2. The van der Waals surface area contributed by atoms with Crippen molar-refractivity contribution in [3.8, 4) is 17.2 Å². The first-order chi connectivity index (χ1) is 18.9. The normalized spacial score (nSPS) is 13.7. The van der Waals surface area contributed by atoms with Gasteiger partial charge in [0, 0.05) is 43.1 Å². The van der Waals surface area contributed by atoms with Crippen LogP contribution in [0, 0.1) is 6.92 Å². The van der Waals surface area contributed by atoms with Crippen LogP contribution in [0.1, 0.15) is 18.4 Å².